The number of rotatable bonds is 9. The predicted octanol–water partition coefficient (Wildman–Crippen LogP) is 2.66. The lowest BCUT2D eigenvalue weighted by molar-refractivity contribution is 0.276. The van der Waals surface area contributed by atoms with Crippen molar-refractivity contribution in [3.63, 3.8) is 0 Å². The number of nitrogens with one attached hydrogen (secondary N) is 1. The summed E-state index contributed by atoms with van der Waals surface area (Å²) in [7, 11) is 0. The maximum absolute atomic E-state index is 5.63. The number of benzene rings is 1. The topological polar surface area (TPSA) is 24.5 Å². The Labute approximate surface area is 116 Å². The molecule has 0 unspecified atom stereocenters. The molecule has 0 radical (unpaired) electrons. The van der Waals surface area contributed by atoms with Crippen LogP contribution in [0.1, 0.15) is 32.3 Å². The maximum Gasteiger partial charge on any atom is 0.123 e. The molecule has 0 aliphatic heterocycles. The van der Waals surface area contributed by atoms with Gasteiger partial charge in [-0.1, -0.05) is 25.1 Å². The summed E-state index contributed by atoms with van der Waals surface area (Å²) in [4.78, 5) is 2.57. The van der Waals surface area contributed by atoms with Crippen molar-refractivity contribution < 1.29 is 4.74 Å². The van der Waals surface area contributed by atoms with Crippen molar-refractivity contribution in [3.05, 3.63) is 29.8 Å². The molecule has 0 aromatic heterocycles. The minimum Gasteiger partial charge on any atom is -0.494 e. The standard InChI is InChI=1S/C16H26N2O/c1-3-18(15-9-10-15)12-11-17-13-14-7-5-6-8-16(14)19-4-2/h5-8,15,17H,3-4,9-13H2,1-2H3. The predicted molar refractivity (Wildman–Crippen MR) is 79.6 cm³/mol. The minimum atomic E-state index is 0.725. The molecule has 1 saturated carbocycles. The fraction of sp³-hybridized carbons (Fsp3) is 0.625. The van der Waals surface area contributed by atoms with E-state index in [0.29, 0.717) is 0 Å². The Kier molecular flexibility index (Phi) is 5.67. The number of ether oxygens (including phenoxy) is 1. The van der Waals surface area contributed by atoms with E-state index in [9.17, 15) is 0 Å². The first kappa shape index (κ1) is 14.4. The lowest BCUT2D eigenvalue weighted by Crippen LogP contribution is -2.33. The van der Waals surface area contributed by atoms with E-state index in [1.165, 1.54) is 24.9 Å². The number of para-hydroxylation sites is 1. The molecule has 0 spiro atoms. The van der Waals surface area contributed by atoms with Gasteiger partial charge in [-0.3, -0.25) is 4.90 Å². The number of hydrogen-bond acceptors (Lipinski definition) is 3. The van der Waals surface area contributed by atoms with Crippen LogP contribution >= 0.6 is 0 Å². The Hall–Kier alpha value is -1.06. The average Bonchev–Trinajstić information content (AvgIpc) is 3.25. The molecule has 0 heterocycles. The summed E-state index contributed by atoms with van der Waals surface area (Å²) in [6, 6.07) is 9.14. The Morgan fingerprint density at radius 3 is 2.74 bits per heavy atom. The summed E-state index contributed by atoms with van der Waals surface area (Å²) in [5.41, 5.74) is 1.25. The molecule has 1 aromatic rings. The van der Waals surface area contributed by atoms with E-state index in [4.69, 9.17) is 4.74 Å². The normalized spacial score (nSPS) is 14.9. The van der Waals surface area contributed by atoms with Crippen molar-refractivity contribution in [1.29, 1.82) is 0 Å². The zero-order chi connectivity index (χ0) is 13.5. The Balaban J connectivity index is 1.72. The summed E-state index contributed by atoms with van der Waals surface area (Å²) >= 11 is 0. The van der Waals surface area contributed by atoms with E-state index < -0.39 is 0 Å². The van der Waals surface area contributed by atoms with Gasteiger partial charge in [0, 0.05) is 31.2 Å². The third kappa shape index (κ3) is 4.51. The van der Waals surface area contributed by atoms with Gasteiger partial charge in [-0.05, 0) is 32.4 Å². The van der Waals surface area contributed by atoms with Gasteiger partial charge >= 0.3 is 0 Å². The SMILES string of the molecule is CCOc1ccccc1CNCCN(CC)C1CC1. The summed E-state index contributed by atoms with van der Waals surface area (Å²) in [5, 5.41) is 3.53. The van der Waals surface area contributed by atoms with Crippen molar-refractivity contribution in [1.82, 2.24) is 10.2 Å². The first-order chi connectivity index (χ1) is 9.35. The largest absolute Gasteiger partial charge is 0.494 e. The van der Waals surface area contributed by atoms with Crippen LogP contribution in [-0.2, 0) is 6.54 Å². The van der Waals surface area contributed by atoms with Crippen molar-refractivity contribution in [2.45, 2.75) is 39.3 Å². The fourth-order valence-corrected chi connectivity index (χ4v) is 2.43. The molecule has 1 aliphatic rings. The van der Waals surface area contributed by atoms with Gasteiger partial charge in [0.15, 0.2) is 0 Å². The van der Waals surface area contributed by atoms with Crippen molar-refractivity contribution in [2.24, 2.45) is 0 Å². The first-order valence-electron chi connectivity index (χ1n) is 7.50. The third-order valence-electron chi connectivity index (χ3n) is 3.63. The van der Waals surface area contributed by atoms with Crippen molar-refractivity contribution >= 4 is 0 Å². The Morgan fingerprint density at radius 1 is 1.26 bits per heavy atom. The third-order valence-corrected chi connectivity index (χ3v) is 3.63. The highest BCUT2D eigenvalue weighted by Gasteiger charge is 2.26. The molecule has 19 heavy (non-hydrogen) atoms. The second kappa shape index (κ2) is 7.51. The monoisotopic (exact) mass is 262 g/mol. The molecule has 2 rings (SSSR count). The molecule has 1 aliphatic carbocycles. The molecule has 1 N–H and O–H groups in total. The average molecular weight is 262 g/mol. The molecule has 0 atom stereocenters. The van der Waals surface area contributed by atoms with Crippen LogP contribution in [0.2, 0.25) is 0 Å². The van der Waals surface area contributed by atoms with Gasteiger partial charge in [-0.2, -0.15) is 0 Å². The van der Waals surface area contributed by atoms with Crippen LogP contribution in [0.25, 0.3) is 0 Å². The van der Waals surface area contributed by atoms with E-state index in [1.54, 1.807) is 0 Å². The van der Waals surface area contributed by atoms with Crippen LogP contribution in [0.4, 0.5) is 0 Å². The van der Waals surface area contributed by atoms with Gasteiger partial charge < -0.3 is 10.1 Å². The van der Waals surface area contributed by atoms with Gasteiger partial charge in [0.05, 0.1) is 6.61 Å². The number of nitrogens with zero attached hydrogens (tertiary/aromatic N) is 1. The quantitative estimate of drug-likeness (QED) is 0.692. The van der Waals surface area contributed by atoms with Crippen LogP contribution in [0, 0.1) is 0 Å². The molecule has 1 fully saturated rings. The van der Waals surface area contributed by atoms with E-state index in [1.807, 2.05) is 19.1 Å². The lowest BCUT2D eigenvalue weighted by Gasteiger charge is -2.20. The van der Waals surface area contributed by atoms with E-state index >= 15 is 0 Å². The smallest absolute Gasteiger partial charge is 0.123 e. The van der Waals surface area contributed by atoms with Crippen LogP contribution in [0.15, 0.2) is 24.3 Å². The molecule has 3 heteroatoms. The fourth-order valence-electron chi connectivity index (χ4n) is 2.43. The van der Waals surface area contributed by atoms with E-state index in [0.717, 1.165) is 38.0 Å². The van der Waals surface area contributed by atoms with Gasteiger partial charge in [-0.15, -0.1) is 0 Å². The summed E-state index contributed by atoms with van der Waals surface area (Å²) in [6.45, 7) is 9.26. The first-order valence-corrected chi connectivity index (χ1v) is 7.50. The number of hydrogen-bond donors (Lipinski definition) is 1. The number of likely N-dealkylation sites (N-methyl/N-ethyl adjacent to an activating group) is 1. The van der Waals surface area contributed by atoms with Gasteiger partial charge in [0.1, 0.15) is 5.75 Å². The highest BCUT2D eigenvalue weighted by Crippen LogP contribution is 2.25. The highest BCUT2D eigenvalue weighted by molar-refractivity contribution is 5.33. The Bertz CT molecular complexity index is 377. The Morgan fingerprint density at radius 2 is 2.05 bits per heavy atom. The second-order valence-electron chi connectivity index (χ2n) is 5.08. The molecular formula is C16H26N2O. The minimum absolute atomic E-state index is 0.725. The summed E-state index contributed by atoms with van der Waals surface area (Å²) in [5.74, 6) is 1.01. The second-order valence-corrected chi connectivity index (χ2v) is 5.08. The molecule has 1 aromatic carbocycles. The van der Waals surface area contributed by atoms with Crippen molar-refractivity contribution in [3.8, 4) is 5.75 Å². The highest BCUT2D eigenvalue weighted by atomic mass is 16.5. The zero-order valence-corrected chi connectivity index (χ0v) is 12.2. The maximum atomic E-state index is 5.63. The van der Waals surface area contributed by atoms with E-state index in [-0.39, 0.29) is 0 Å². The van der Waals surface area contributed by atoms with Crippen LogP contribution in [0.3, 0.4) is 0 Å². The molecule has 0 amide bonds. The van der Waals surface area contributed by atoms with Crippen LogP contribution < -0.4 is 10.1 Å². The zero-order valence-electron chi connectivity index (χ0n) is 12.2. The molecular weight excluding hydrogens is 236 g/mol. The van der Waals surface area contributed by atoms with Gasteiger partial charge in [-0.25, -0.2) is 0 Å². The van der Waals surface area contributed by atoms with Crippen LogP contribution in [0.5, 0.6) is 5.75 Å². The van der Waals surface area contributed by atoms with Crippen LogP contribution in [-0.4, -0.2) is 37.2 Å². The van der Waals surface area contributed by atoms with Gasteiger partial charge in [0.2, 0.25) is 0 Å². The van der Waals surface area contributed by atoms with Gasteiger partial charge in [0.25, 0.3) is 0 Å². The molecule has 0 saturated heterocycles. The van der Waals surface area contributed by atoms with E-state index in [2.05, 4.69) is 29.3 Å². The molecule has 106 valence electrons. The lowest BCUT2D eigenvalue weighted by atomic mass is 10.2. The molecule has 3 nitrogen and oxygen atoms in total. The summed E-state index contributed by atoms with van der Waals surface area (Å²) in [6.07, 6.45) is 2.78. The van der Waals surface area contributed by atoms with Crippen molar-refractivity contribution in [2.75, 3.05) is 26.2 Å². The molecule has 0 bridgehead atoms. The summed E-state index contributed by atoms with van der Waals surface area (Å²) < 4.78 is 5.63.